The maximum Gasteiger partial charge on any atom is 0.286 e. The van der Waals surface area contributed by atoms with Gasteiger partial charge in [-0.15, -0.1) is 0 Å². The molecule has 1 saturated heterocycles. The van der Waals surface area contributed by atoms with Crippen molar-refractivity contribution >= 4 is 5.91 Å². The lowest BCUT2D eigenvalue weighted by molar-refractivity contribution is 0.0918. The molecule has 0 spiro atoms. The molecule has 1 atom stereocenters. The largest absolute Gasteiger partial charge is 0.459 e. The zero-order valence-corrected chi connectivity index (χ0v) is 13.3. The highest BCUT2D eigenvalue weighted by Crippen LogP contribution is 2.20. The summed E-state index contributed by atoms with van der Waals surface area (Å²) >= 11 is 0. The van der Waals surface area contributed by atoms with E-state index in [1.54, 1.807) is 12.1 Å². The minimum Gasteiger partial charge on any atom is -0.459 e. The van der Waals surface area contributed by atoms with Crippen LogP contribution in [0.1, 0.15) is 35.4 Å². The van der Waals surface area contributed by atoms with Crippen LogP contribution in [0.3, 0.4) is 0 Å². The van der Waals surface area contributed by atoms with Crippen molar-refractivity contribution in [2.45, 2.75) is 25.8 Å². The molecule has 0 aromatic carbocycles. The van der Waals surface area contributed by atoms with E-state index in [0.717, 1.165) is 26.1 Å². The van der Waals surface area contributed by atoms with E-state index in [2.05, 4.69) is 27.3 Å². The molecule has 0 radical (unpaired) electrons. The number of carbonyl (C=O) groups excluding carboxylic acids is 1. The molecule has 1 aliphatic heterocycles. The van der Waals surface area contributed by atoms with Crippen molar-refractivity contribution in [3.05, 3.63) is 54.2 Å². The summed E-state index contributed by atoms with van der Waals surface area (Å²) in [5.41, 5.74) is 1.31. The van der Waals surface area contributed by atoms with Crippen molar-refractivity contribution in [1.29, 1.82) is 0 Å². The SMILES string of the molecule is O=C(NCC[C@@H]1CCCN(Cc2ccncc2)C1)c1ccco1. The summed E-state index contributed by atoms with van der Waals surface area (Å²) in [4.78, 5) is 18.4. The molecule has 0 bridgehead atoms. The molecule has 0 saturated carbocycles. The van der Waals surface area contributed by atoms with Gasteiger partial charge in [-0.25, -0.2) is 0 Å². The average Bonchev–Trinajstić information content (AvgIpc) is 3.11. The monoisotopic (exact) mass is 313 g/mol. The Morgan fingerprint density at radius 2 is 2.22 bits per heavy atom. The van der Waals surface area contributed by atoms with Gasteiger partial charge in [0.05, 0.1) is 6.26 Å². The molecule has 3 rings (SSSR count). The quantitative estimate of drug-likeness (QED) is 0.891. The predicted octanol–water partition coefficient (Wildman–Crippen LogP) is 2.71. The molecule has 1 amide bonds. The molecule has 5 nitrogen and oxygen atoms in total. The zero-order chi connectivity index (χ0) is 15.9. The number of piperidine rings is 1. The fraction of sp³-hybridized carbons (Fsp3) is 0.444. The second-order valence-electron chi connectivity index (χ2n) is 6.12. The van der Waals surface area contributed by atoms with E-state index in [0.29, 0.717) is 18.2 Å². The summed E-state index contributed by atoms with van der Waals surface area (Å²) in [6.45, 7) is 3.93. The lowest BCUT2D eigenvalue weighted by atomic mass is 9.94. The standard InChI is InChI=1S/C18H23N3O2/c22-18(17-4-2-12-23-17)20-10-7-15-3-1-11-21(13-15)14-16-5-8-19-9-6-16/h2,4-6,8-9,12,15H,1,3,7,10-11,13-14H2,(H,20,22)/t15-/m0/s1. The number of amides is 1. The Morgan fingerprint density at radius 3 is 3.00 bits per heavy atom. The predicted molar refractivity (Wildman–Crippen MR) is 87.9 cm³/mol. The Labute approximate surface area is 136 Å². The molecular formula is C18H23N3O2. The van der Waals surface area contributed by atoms with Crippen molar-refractivity contribution in [2.75, 3.05) is 19.6 Å². The third-order valence-electron chi connectivity index (χ3n) is 4.34. The Kier molecular flexibility index (Phi) is 5.42. The van der Waals surface area contributed by atoms with Crippen molar-refractivity contribution in [1.82, 2.24) is 15.2 Å². The molecule has 1 fully saturated rings. The molecule has 0 unspecified atom stereocenters. The second-order valence-corrected chi connectivity index (χ2v) is 6.12. The second kappa shape index (κ2) is 7.92. The van der Waals surface area contributed by atoms with Crippen LogP contribution in [0.25, 0.3) is 0 Å². The van der Waals surface area contributed by atoms with E-state index >= 15 is 0 Å². The lowest BCUT2D eigenvalue weighted by Crippen LogP contribution is -2.36. The number of furan rings is 1. The number of nitrogens with one attached hydrogen (secondary N) is 1. The third kappa shape index (κ3) is 4.66. The number of hydrogen-bond donors (Lipinski definition) is 1. The van der Waals surface area contributed by atoms with Crippen LogP contribution in [0.5, 0.6) is 0 Å². The van der Waals surface area contributed by atoms with E-state index in [4.69, 9.17) is 4.42 Å². The Hall–Kier alpha value is -2.14. The van der Waals surface area contributed by atoms with Gasteiger partial charge >= 0.3 is 0 Å². The highest BCUT2D eigenvalue weighted by atomic mass is 16.3. The number of hydrogen-bond acceptors (Lipinski definition) is 4. The fourth-order valence-corrected chi connectivity index (χ4v) is 3.16. The minimum absolute atomic E-state index is 0.126. The maximum absolute atomic E-state index is 11.8. The number of nitrogens with zero attached hydrogens (tertiary/aromatic N) is 2. The van der Waals surface area contributed by atoms with Crippen molar-refractivity contribution in [2.24, 2.45) is 5.92 Å². The van der Waals surface area contributed by atoms with Crippen molar-refractivity contribution < 1.29 is 9.21 Å². The Morgan fingerprint density at radius 1 is 1.35 bits per heavy atom. The maximum atomic E-state index is 11.8. The third-order valence-corrected chi connectivity index (χ3v) is 4.34. The Balaban J connectivity index is 1.41. The van der Waals surface area contributed by atoms with E-state index in [-0.39, 0.29) is 5.91 Å². The molecular weight excluding hydrogens is 290 g/mol. The van der Waals surface area contributed by atoms with Crippen LogP contribution in [0.2, 0.25) is 0 Å². The summed E-state index contributed by atoms with van der Waals surface area (Å²) < 4.78 is 5.10. The first-order valence-corrected chi connectivity index (χ1v) is 8.24. The summed E-state index contributed by atoms with van der Waals surface area (Å²) in [6, 6.07) is 7.57. The zero-order valence-electron chi connectivity index (χ0n) is 13.3. The first-order chi connectivity index (χ1) is 11.3. The van der Waals surface area contributed by atoms with Gasteiger partial charge in [0.25, 0.3) is 5.91 Å². The minimum atomic E-state index is -0.126. The van der Waals surface area contributed by atoms with Crippen LogP contribution in [-0.2, 0) is 6.54 Å². The van der Waals surface area contributed by atoms with Gasteiger partial charge in [0, 0.05) is 32.0 Å². The molecule has 23 heavy (non-hydrogen) atoms. The number of pyridine rings is 1. The van der Waals surface area contributed by atoms with Gasteiger partial charge in [-0.2, -0.15) is 0 Å². The number of aromatic nitrogens is 1. The van der Waals surface area contributed by atoms with E-state index in [1.165, 1.54) is 24.7 Å². The lowest BCUT2D eigenvalue weighted by Gasteiger charge is -2.32. The topological polar surface area (TPSA) is 58.4 Å². The molecule has 3 heterocycles. The molecule has 2 aromatic heterocycles. The van der Waals surface area contributed by atoms with Gasteiger partial charge in [-0.05, 0) is 61.6 Å². The van der Waals surface area contributed by atoms with E-state index in [1.807, 2.05) is 12.4 Å². The van der Waals surface area contributed by atoms with Crippen molar-refractivity contribution in [3.63, 3.8) is 0 Å². The molecule has 1 N–H and O–H groups in total. The van der Waals surface area contributed by atoms with E-state index in [9.17, 15) is 4.79 Å². The van der Waals surface area contributed by atoms with Gasteiger partial charge in [0.1, 0.15) is 0 Å². The van der Waals surface area contributed by atoms with Crippen LogP contribution in [0, 0.1) is 5.92 Å². The smallest absolute Gasteiger partial charge is 0.286 e. The Bertz CT molecular complexity index is 598. The van der Waals surface area contributed by atoms with Gasteiger partial charge < -0.3 is 9.73 Å². The van der Waals surface area contributed by atoms with Gasteiger partial charge in [-0.1, -0.05) is 0 Å². The van der Waals surface area contributed by atoms with Gasteiger partial charge in [0.2, 0.25) is 0 Å². The summed E-state index contributed by atoms with van der Waals surface area (Å²) in [6.07, 6.45) is 8.69. The van der Waals surface area contributed by atoms with Crippen LogP contribution in [0.4, 0.5) is 0 Å². The molecule has 2 aromatic rings. The van der Waals surface area contributed by atoms with Crippen LogP contribution >= 0.6 is 0 Å². The summed E-state index contributed by atoms with van der Waals surface area (Å²) in [7, 11) is 0. The number of likely N-dealkylation sites (tertiary alicyclic amines) is 1. The first kappa shape index (κ1) is 15.7. The fourth-order valence-electron chi connectivity index (χ4n) is 3.16. The van der Waals surface area contributed by atoms with Crippen molar-refractivity contribution in [3.8, 4) is 0 Å². The average molecular weight is 313 g/mol. The molecule has 5 heteroatoms. The molecule has 1 aliphatic rings. The normalized spacial score (nSPS) is 18.7. The summed E-state index contributed by atoms with van der Waals surface area (Å²) in [5, 5.41) is 2.94. The van der Waals surface area contributed by atoms with Gasteiger partial charge in [0.15, 0.2) is 5.76 Å². The molecule has 122 valence electrons. The number of rotatable bonds is 6. The summed E-state index contributed by atoms with van der Waals surface area (Å²) in [5.74, 6) is 0.898. The first-order valence-electron chi connectivity index (χ1n) is 8.24. The van der Waals surface area contributed by atoms with Gasteiger partial charge in [-0.3, -0.25) is 14.7 Å². The van der Waals surface area contributed by atoms with Crippen LogP contribution < -0.4 is 5.32 Å². The van der Waals surface area contributed by atoms with Crippen LogP contribution in [0.15, 0.2) is 47.3 Å². The highest BCUT2D eigenvalue weighted by molar-refractivity contribution is 5.91. The number of carbonyl (C=O) groups is 1. The van der Waals surface area contributed by atoms with E-state index < -0.39 is 0 Å². The molecule has 0 aliphatic carbocycles. The highest BCUT2D eigenvalue weighted by Gasteiger charge is 2.20. The van der Waals surface area contributed by atoms with Crippen LogP contribution in [-0.4, -0.2) is 35.4 Å².